The molecule has 1 amide bonds. The highest BCUT2D eigenvalue weighted by Gasteiger charge is 2.22. The zero-order valence-electron chi connectivity index (χ0n) is 12.1. The summed E-state index contributed by atoms with van der Waals surface area (Å²) in [5.74, 6) is 0.715. The van der Waals surface area contributed by atoms with Gasteiger partial charge in [-0.25, -0.2) is 4.98 Å². The van der Waals surface area contributed by atoms with Gasteiger partial charge in [0.25, 0.3) is 0 Å². The number of morpholine rings is 1. The van der Waals surface area contributed by atoms with Crippen molar-refractivity contribution in [1.29, 1.82) is 0 Å². The monoisotopic (exact) mass is 279 g/mol. The van der Waals surface area contributed by atoms with Gasteiger partial charge in [0, 0.05) is 20.2 Å². The molecule has 0 bridgehead atoms. The Morgan fingerprint density at radius 3 is 2.70 bits per heavy atom. The first-order valence-corrected chi connectivity index (χ1v) is 6.73. The van der Waals surface area contributed by atoms with E-state index in [1.54, 1.807) is 6.20 Å². The summed E-state index contributed by atoms with van der Waals surface area (Å²) < 4.78 is 10.5. The molecule has 1 aliphatic rings. The van der Waals surface area contributed by atoms with Crippen molar-refractivity contribution in [2.75, 3.05) is 37.0 Å². The van der Waals surface area contributed by atoms with E-state index in [2.05, 4.69) is 29.0 Å². The number of nitrogens with zero attached hydrogens (tertiary/aromatic N) is 2. The normalized spacial score (nSPS) is 22.6. The minimum Gasteiger partial charge on any atom is -0.375 e. The van der Waals surface area contributed by atoms with Crippen molar-refractivity contribution in [3.8, 4) is 0 Å². The van der Waals surface area contributed by atoms with Crippen LogP contribution in [0.1, 0.15) is 13.8 Å². The smallest absolute Gasteiger partial charge is 0.250 e. The fourth-order valence-corrected chi connectivity index (χ4v) is 2.34. The second-order valence-corrected chi connectivity index (χ2v) is 5.05. The van der Waals surface area contributed by atoms with Gasteiger partial charge in [0.2, 0.25) is 5.91 Å². The van der Waals surface area contributed by atoms with Crippen molar-refractivity contribution in [2.24, 2.45) is 0 Å². The van der Waals surface area contributed by atoms with E-state index in [1.807, 2.05) is 12.1 Å². The molecule has 0 spiro atoms. The van der Waals surface area contributed by atoms with Gasteiger partial charge in [0.15, 0.2) is 0 Å². The maximum absolute atomic E-state index is 11.4. The Morgan fingerprint density at radius 1 is 1.45 bits per heavy atom. The number of methoxy groups -OCH3 is 1. The lowest BCUT2D eigenvalue weighted by molar-refractivity contribution is -0.119. The van der Waals surface area contributed by atoms with Crippen molar-refractivity contribution >= 4 is 17.4 Å². The molecule has 1 fully saturated rings. The van der Waals surface area contributed by atoms with E-state index in [9.17, 15) is 4.79 Å². The quantitative estimate of drug-likeness (QED) is 0.899. The topological polar surface area (TPSA) is 63.7 Å². The van der Waals surface area contributed by atoms with Crippen LogP contribution in [0.2, 0.25) is 0 Å². The molecule has 6 heteroatoms. The summed E-state index contributed by atoms with van der Waals surface area (Å²) in [6.07, 6.45) is 2.05. The van der Waals surface area contributed by atoms with Crippen molar-refractivity contribution < 1.29 is 14.3 Å². The van der Waals surface area contributed by atoms with Crippen LogP contribution in [0.15, 0.2) is 18.3 Å². The van der Waals surface area contributed by atoms with Gasteiger partial charge in [-0.3, -0.25) is 4.79 Å². The third kappa shape index (κ3) is 3.91. The lowest BCUT2D eigenvalue weighted by Gasteiger charge is -2.36. The number of anilines is 2. The molecule has 0 unspecified atom stereocenters. The minimum atomic E-state index is -0.185. The highest BCUT2D eigenvalue weighted by Crippen LogP contribution is 2.19. The molecule has 6 nitrogen and oxygen atoms in total. The number of hydrogen-bond acceptors (Lipinski definition) is 5. The van der Waals surface area contributed by atoms with E-state index in [0.29, 0.717) is 5.69 Å². The van der Waals surface area contributed by atoms with Crippen molar-refractivity contribution in [3.05, 3.63) is 18.3 Å². The lowest BCUT2D eigenvalue weighted by Crippen LogP contribution is -2.45. The molecular weight excluding hydrogens is 258 g/mol. The van der Waals surface area contributed by atoms with Gasteiger partial charge in [-0.1, -0.05) is 0 Å². The second-order valence-electron chi connectivity index (χ2n) is 5.05. The van der Waals surface area contributed by atoms with E-state index >= 15 is 0 Å². The molecule has 2 atom stereocenters. The Labute approximate surface area is 119 Å². The number of nitrogens with one attached hydrogen (secondary N) is 1. The van der Waals surface area contributed by atoms with E-state index in [1.165, 1.54) is 7.11 Å². The van der Waals surface area contributed by atoms with Crippen LogP contribution >= 0.6 is 0 Å². The fraction of sp³-hybridized carbons (Fsp3) is 0.571. The highest BCUT2D eigenvalue weighted by molar-refractivity contribution is 5.91. The minimum absolute atomic E-state index is 0.0419. The first-order valence-electron chi connectivity index (χ1n) is 6.73. The zero-order valence-corrected chi connectivity index (χ0v) is 12.1. The Hall–Kier alpha value is -1.66. The Morgan fingerprint density at radius 2 is 2.15 bits per heavy atom. The van der Waals surface area contributed by atoms with Crippen LogP contribution in [0, 0.1) is 0 Å². The van der Waals surface area contributed by atoms with Crippen LogP contribution in [0.25, 0.3) is 0 Å². The Kier molecular flexibility index (Phi) is 4.92. The van der Waals surface area contributed by atoms with Gasteiger partial charge >= 0.3 is 0 Å². The van der Waals surface area contributed by atoms with Gasteiger partial charge in [0.05, 0.1) is 24.1 Å². The van der Waals surface area contributed by atoms with Crippen molar-refractivity contribution in [2.45, 2.75) is 26.1 Å². The van der Waals surface area contributed by atoms with E-state index in [0.717, 1.165) is 18.9 Å². The summed E-state index contributed by atoms with van der Waals surface area (Å²) in [6.45, 7) is 5.81. The predicted octanol–water partition coefficient (Wildman–Crippen LogP) is 1.28. The van der Waals surface area contributed by atoms with Crippen LogP contribution < -0.4 is 10.2 Å². The Bertz CT molecular complexity index is 439. The van der Waals surface area contributed by atoms with Gasteiger partial charge < -0.3 is 19.7 Å². The van der Waals surface area contributed by atoms with Crippen LogP contribution in [0.3, 0.4) is 0 Å². The van der Waals surface area contributed by atoms with Crippen molar-refractivity contribution in [1.82, 2.24) is 4.98 Å². The number of carbonyl (C=O) groups is 1. The van der Waals surface area contributed by atoms with Crippen molar-refractivity contribution in [3.63, 3.8) is 0 Å². The predicted molar refractivity (Wildman–Crippen MR) is 77.0 cm³/mol. The fourth-order valence-electron chi connectivity index (χ4n) is 2.34. The molecule has 1 aromatic rings. The number of hydrogen-bond donors (Lipinski definition) is 1. The van der Waals surface area contributed by atoms with E-state index < -0.39 is 0 Å². The summed E-state index contributed by atoms with van der Waals surface area (Å²) in [6, 6.07) is 3.76. The number of ether oxygens (including phenoxy) is 2. The maximum Gasteiger partial charge on any atom is 0.250 e. The second kappa shape index (κ2) is 6.67. The Balaban J connectivity index is 1.99. The SMILES string of the molecule is COCC(=O)Nc1ccc(N2C[C@@H](C)O[C@H](C)C2)nc1. The molecule has 0 saturated carbocycles. The highest BCUT2D eigenvalue weighted by atomic mass is 16.5. The summed E-state index contributed by atoms with van der Waals surface area (Å²) in [5, 5.41) is 2.72. The van der Waals surface area contributed by atoms with Crippen LogP contribution in [-0.4, -0.2) is 49.9 Å². The maximum atomic E-state index is 11.4. The van der Waals surface area contributed by atoms with Crippen LogP contribution in [0.4, 0.5) is 11.5 Å². The molecule has 1 saturated heterocycles. The molecule has 20 heavy (non-hydrogen) atoms. The number of rotatable bonds is 4. The molecule has 1 aromatic heterocycles. The summed E-state index contributed by atoms with van der Waals surface area (Å²) >= 11 is 0. The summed E-state index contributed by atoms with van der Waals surface area (Å²) in [5.41, 5.74) is 0.671. The molecular formula is C14H21N3O3. The van der Waals surface area contributed by atoms with Crippen LogP contribution in [-0.2, 0) is 14.3 Å². The van der Waals surface area contributed by atoms with Gasteiger partial charge in [-0.2, -0.15) is 0 Å². The third-order valence-corrected chi connectivity index (χ3v) is 3.05. The number of amides is 1. The molecule has 0 radical (unpaired) electrons. The molecule has 2 heterocycles. The molecule has 110 valence electrons. The van der Waals surface area contributed by atoms with E-state index in [4.69, 9.17) is 9.47 Å². The number of carbonyl (C=O) groups excluding carboxylic acids is 1. The zero-order chi connectivity index (χ0) is 14.5. The average molecular weight is 279 g/mol. The van der Waals surface area contributed by atoms with Crippen LogP contribution in [0.5, 0.6) is 0 Å². The average Bonchev–Trinajstić information content (AvgIpc) is 2.38. The molecule has 0 aromatic carbocycles. The molecule has 2 rings (SSSR count). The number of pyridine rings is 1. The third-order valence-electron chi connectivity index (χ3n) is 3.05. The summed E-state index contributed by atoms with van der Waals surface area (Å²) in [7, 11) is 1.49. The summed E-state index contributed by atoms with van der Waals surface area (Å²) in [4.78, 5) is 18.0. The first-order chi connectivity index (χ1) is 9.58. The first kappa shape index (κ1) is 14.7. The number of aromatic nitrogens is 1. The molecule has 1 aliphatic heterocycles. The standard InChI is InChI=1S/C14H21N3O3/c1-10-7-17(8-11(2)20-10)13-5-4-12(6-15-13)16-14(18)9-19-3/h4-6,10-11H,7-9H2,1-3H3,(H,16,18)/t10-,11-/m1/s1. The van der Waals surface area contributed by atoms with Gasteiger partial charge in [-0.15, -0.1) is 0 Å². The van der Waals surface area contributed by atoms with Gasteiger partial charge in [-0.05, 0) is 26.0 Å². The van der Waals surface area contributed by atoms with Gasteiger partial charge in [0.1, 0.15) is 12.4 Å². The van der Waals surface area contributed by atoms with E-state index in [-0.39, 0.29) is 24.7 Å². The lowest BCUT2D eigenvalue weighted by atomic mass is 10.2. The molecule has 0 aliphatic carbocycles. The molecule has 1 N–H and O–H groups in total. The largest absolute Gasteiger partial charge is 0.375 e.